The molecule has 0 aliphatic carbocycles. The van der Waals surface area contributed by atoms with E-state index in [-0.39, 0.29) is 5.84 Å². The molecule has 1 heterocycles. The van der Waals surface area contributed by atoms with Crippen LogP contribution in [0, 0.1) is 0 Å². The van der Waals surface area contributed by atoms with Gasteiger partial charge in [-0.2, -0.15) is 5.10 Å². The lowest BCUT2D eigenvalue weighted by Crippen LogP contribution is -2.13. The molecule has 2 rings (SSSR count). The van der Waals surface area contributed by atoms with Gasteiger partial charge in [0, 0.05) is 18.0 Å². The summed E-state index contributed by atoms with van der Waals surface area (Å²) >= 11 is 0. The molecule has 0 amide bonds. The van der Waals surface area contributed by atoms with Crippen LogP contribution in [0.25, 0.3) is 10.9 Å². The van der Waals surface area contributed by atoms with Gasteiger partial charge in [0.1, 0.15) is 0 Å². The molecular weight excluding hydrogens is 180 g/mol. The monoisotopic (exact) mass is 190 g/mol. The molecule has 0 saturated heterocycles. The van der Waals surface area contributed by atoms with Crippen molar-refractivity contribution in [3.05, 3.63) is 30.0 Å². The molecule has 0 radical (unpaired) electrons. The highest BCUT2D eigenvalue weighted by atomic mass is 16.4. The molecular formula is C9H10N4O. The molecule has 0 atom stereocenters. The molecule has 14 heavy (non-hydrogen) atoms. The molecule has 0 aliphatic heterocycles. The average Bonchev–Trinajstić information content (AvgIpc) is 2.59. The molecule has 0 unspecified atom stereocenters. The van der Waals surface area contributed by atoms with Crippen LogP contribution in [-0.4, -0.2) is 20.8 Å². The minimum absolute atomic E-state index is 0.101. The SMILES string of the molecule is Cn1ncc2c(C(N)=NO)cccc21. The van der Waals surface area contributed by atoms with Crippen LogP contribution in [-0.2, 0) is 7.05 Å². The first-order chi connectivity index (χ1) is 6.74. The zero-order valence-electron chi connectivity index (χ0n) is 7.68. The second-order valence-corrected chi connectivity index (χ2v) is 2.99. The number of aryl methyl sites for hydroxylation is 1. The summed E-state index contributed by atoms with van der Waals surface area (Å²) in [5.41, 5.74) is 7.18. The van der Waals surface area contributed by atoms with Gasteiger partial charge in [-0.15, -0.1) is 0 Å². The van der Waals surface area contributed by atoms with E-state index in [1.807, 2.05) is 19.2 Å². The number of amidine groups is 1. The largest absolute Gasteiger partial charge is 0.409 e. The number of rotatable bonds is 1. The molecule has 1 aromatic heterocycles. The van der Waals surface area contributed by atoms with Gasteiger partial charge in [0.2, 0.25) is 0 Å². The molecule has 72 valence electrons. The molecule has 0 bridgehead atoms. The van der Waals surface area contributed by atoms with E-state index in [9.17, 15) is 0 Å². The fourth-order valence-electron chi connectivity index (χ4n) is 1.45. The lowest BCUT2D eigenvalue weighted by molar-refractivity contribution is 0.318. The van der Waals surface area contributed by atoms with Crippen LogP contribution in [0.15, 0.2) is 29.6 Å². The first kappa shape index (κ1) is 8.55. The second kappa shape index (κ2) is 3.02. The Morgan fingerprint density at radius 3 is 3.07 bits per heavy atom. The highest BCUT2D eigenvalue weighted by Gasteiger charge is 2.07. The first-order valence-electron chi connectivity index (χ1n) is 4.12. The van der Waals surface area contributed by atoms with Crippen LogP contribution >= 0.6 is 0 Å². The van der Waals surface area contributed by atoms with E-state index in [0.717, 1.165) is 10.9 Å². The number of oxime groups is 1. The molecule has 3 N–H and O–H groups in total. The van der Waals surface area contributed by atoms with Crippen molar-refractivity contribution < 1.29 is 5.21 Å². The maximum atomic E-state index is 8.59. The van der Waals surface area contributed by atoms with Crippen LogP contribution in [0.3, 0.4) is 0 Å². The lowest BCUT2D eigenvalue weighted by Gasteiger charge is -2.00. The number of nitrogens with zero attached hydrogens (tertiary/aromatic N) is 3. The molecule has 0 fully saturated rings. The maximum Gasteiger partial charge on any atom is 0.170 e. The Kier molecular flexibility index (Phi) is 1.85. The molecule has 5 heteroatoms. The van der Waals surface area contributed by atoms with Crippen LogP contribution in [0.4, 0.5) is 0 Å². The van der Waals surface area contributed by atoms with E-state index in [0.29, 0.717) is 5.56 Å². The van der Waals surface area contributed by atoms with E-state index in [1.54, 1.807) is 16.9 Å². The topological polar surface area (TPSA) is 76.4 Å². The Morgan fingerprint density at radius 1 is 1.57 bits per heavy atom. The third kappa shape index (κ3) is 1.10. The van der Waals surface area contributed by atoms with Gasteiger partial charge in [-0.1, -0.05) is 17.3 Å². The molecule has 2 aromatic rings. The van der Waals surface area contributed by atoms with Gasteiger partial charge in [0.15, 0.2) is 5.84 Å². The summed E-state index contributed by atoms with van der Waals surface area (Å²) < 4.78 is 1.74. The summed E-state index contributed by atoms with van der Waals surface area (Å²) in [7, 11) is 1.85. The van der Waals surface area contributed by atoms with Gasteiger partial charge in [0.05, 0.1) is 11.7 Å². The van der Waals surface area contributed by atoms with E-state index in [1.165, 1.54) is 0 Å². The minimum Gasteiger partial charge on any atom is -0.409 e. The second-order valence-electron chi connectivity index (χ2n) is 2.99. The van der Waals surface area contributed by atoms with E-state index in [2.05, 4.69) is 10.3 Å². The normalized spacial score (nSPS) is 12.2. The van der Waals surface area contributed by atoms with Crippen LogP contribution in [0.1, 0.15) is 5.56 Å². The average molecular weight is 190 g/mol. The van der Waals surface area contributed by atoms with E-state index >= 15 is 0 Å². The maximum absolute atomic E-state index is 8.59. The number of hydrogen-bond donors (Lipinski definition) is 2. The zero-order valence-corrected chi connectivity index (χ0v) is 7.68. The molecule has 1 aromatic carbocycles. The standard InChI is InChI=1S/C9H10N4O/c1-13-8-4-2-3-6(9(10)12-14)7(8)5-11-13/h2-5,14H,1H3,(H2,10,12). The summed E-state index contributed by atoms with van der Waals surface area (Å²) in [5, 5.41) is 16.5. The smallest absolute Gasteiger partial charge is 0.170 e. The fourth-order valence-corrected chi connectivity index (χ4v) is 1.45. The molecule has 0 saturated carbocycles. The van der Waals surface area contributed by atoms with Crippen molar-refractivity contribution in [3.8, 4) is 0 Å². The lowest BCUT2D eigenvalue weighted by atomic mass is 10.1. The summed E-state index contributed by atoms with van der Waals surface area (Å²) in [6, 6.07) is 5.56. The Morgan fingerprint density at radius 2 is 2.36 bits per heavy atom. The van der Waals surface area contributed by atoms with Gasteiger partial charge < -0.3 is 10.9 Å². The van der Waals surface area contributed by atoms with Crippen LogP contribution in [0.5, 0.6) is 0 Å². The third-order valence-corrected chi connectivity index (χ3v) is 2.18. The molecule has 5 nitrogen and oxygen atoms in total. The van der Waals surface area contributed by atoms with Crippen molar-refractivity contribution in [2.75, 3.05) is 0 Å². The zero-order chi connectivity index (χ0) is 10.1. The molecule has 0 spiro atoms. The summed E-state index contributed by atoms with van der Waals surface area (Å²) in [5.74, 6) is 0.101. The predicted molar refractivity (Wildman–Crippen MR) is 53.2 cm³/mol. The number of benzene rings is 1. The summed E-state index contributed by atoms with van der Waals surface area (Å²) in [4.78, 5) is 0. The van der Waals surface area contributed by atoms with Crippen LogP contribution < -0.4 is 5.73 Å². The summed E-state index contributed by atoms with van der Waals surface area (Å²) in [6.07, 6.45) is 1.70. The van der Waals surface area contributed by atoms with Crippen molar-refractivity contribution in [1.82, 2.24) is 9.78 Å². The first-order valence-corrected chi connectivity index (χ1v) is 4.12. The van der Waals surface area contributed by atoms with Gasteiger partial charge in [-0.25, -0.2) is 0 Å². The van der Waals surface area contributed by atoms with Crippen molar-refractivity contribution >= 4 is 16.7 Å². The summed E-state index contributed by atoms with van der Waals surface area (Å²) in [6.45, 7) is 0. The van der Waals surface area contributed by atoms with Gasteiger partial charge in [0.25, 0.3) is 0 Å². The minimum atomic E-state index is 0.101. The van der Waals surface area contributed by atoms with E-state index in [4.69, 9.17) is 10.9 Å². The van der Waals surface area contributed by atoms with Crippen molar-refractivity contribution in [2.24, 2.45) is 17.9 Å². The van der Waals surface area contributed by atoms with Crippen LogP contribution in [0.2, 0.25) is 0 Å². The highest BCUT2D eigenvalue weighted by Crippen LogP contribution is 2.17. The Hall–Kier alpha value is -2.04. The van der Waals surface area contributed by atoms with Gasteiger partial charge >= 0.3 is 0 Å². The highest BCUT2D eigenvalue weighted by molar-refractivity contribution is 6.07. The predicted octanol–water partition coefficient (Wildman–Crippen LogP) is 0.668. The van der Waals surface area contributed by atoms with E-state index < -0.39 is 0 Å². The Balaban J connectivity index is 2.78. The van der Waals surface area contributed by atoms with Crippen molar-refractivity contribution in [3.63, 3.8) is 0 Å². The fraction of sp³-hybridized carbons (Fsp3) is 0.111. The number of hydrogen-bond acceptors (Lipinski definition) is 3. The quantitative estimate of drug-likeness (QED) is 0.300. The Bertz CT molecular complexity index is 500. The number of fused-ring (bicyclic) bond motifs is 1. The third-order valence-electron chi connectivity index (χ3n) is 2.18. The van der Waals surface area contributed by atoms with Gasteiger partial charge in [-0.3, -0.25) is 4.68 Å². The number of nitrogens with two attached hydrogens (primary N) is 1. The molecule has 0 aliphatic rings. The van der Waals surface area contributed by atoms with Gasteiger partial charge in [-0.05, 0) is 6.07 Å². The number of aromatic nitrogens is 2. The van der Waals surface area contributed by atoms with Crippen molar-refractivity contribution in [2.45, 2.75) is 0 Å². The Labute approximate surface area is 80.4 Å². The van der Waals surface area contributed by atoms with Crippen molar-refractivity contribution in [1.29, 1.82) is 0 Å².